The Labute approximate surface area is 112 Å². The van der Waals surface area contributed by atoms with Crippen LogP contribution in [0.4, 0.5) is 0 Å². The normalized spacial score (nSPS) is 17.8. The molecule has 1 fully saturated rings. The topological polar surface area (TPSA) is 17.1 Å². The number of rotatable bonds is 2. The predicted octanol–water partition coefficient (Wildman–Crippen LogP) is 5.05. The van der Waals surface area contributed by atoms with E-state index >= 15 is 0 Å². The summed E-state index contributed by atoms with van der Waals surface area (Å²) >= 11 is 1.69. The zero-order valence-corrected chi connectivity index (χ0v) is 11.3. The van der Waals surface area contributed by atoms with Gasteiger partial charge in [0.1, 0.15) is 0 Å². The van der Waals surface area contributed by atoms with Crippen LogP contribution in [0.1, 0.15) is 48.9 Å². The van der Waals surface area contributed by atoms with E-state index in [0.717, 1.165) is 18.4 Å². The van der Waals surface area contributed by atoms with Crippen molar-refractivity contribution in [1.29, 1.82) is 0 Å². The first-order valence-electron chi connectivity index (χ1n) is 6.87. The van der Waals surface area contributed by atoms with Crippen molar-refractivity contribution in [2.75, 3.05) is 0 Å². The molecule has 2 heteroatoms. The van der Waals surface area contributed by atoms with Crippen molar-refractivity contribution in [1.82, 2.24) is 0 Å². The number of carbonyl (C=O) groups is 1. The van der Waals surface area contributed by atoms with Crippen molar-refractivity contribution < 1.29 is 4.79 Å². The Balaban J connectivity index is 1.93. The van der Waals surface area contributed by atoms with Crippen molar-refractivity contribution in [2.24, 2.45) is 5.92 Å². The molecule has 1 aliphatic rings. The number of hydrogen-bond acceptors (Lipinski definition) is 2. The standard InChI is InChI=1S/C16H18OS/c17-15(12-6-3-1-2-4-7-12)14-9-5-8-13-10-11-18-16(13)14/h5,8-12H,1-4,6-7H2. The number of hydrogen-bond donors (Lipinski definition) is 0. The molecule has 0 aliphatic heterocycles. The van der Waals surface area contributed by atoms with Crippen molar-refractivity contribution in [3.63, 3.8) is 0 Å². The third-order valence-corrected chi connectivity index (χ3v) is 4.93. The van der Waals surface area contributed by atoms with Crippen LogP contribution >= 0.6 is 11.3 Å². The maximum absolute atomic E-state index is 12.7. The summed E-state index contributed by atoms with van der Waals surface area (Å²) < 4.78 is 1.17. The van der Waals surface area contributed by atoms with Crippen molar-refractivity contribution in [3.8, 4) is 0 Å². The van der Waals surface area contributed by atoms with Crippen LogP contribution in [0.3, 0.4) is 0 Å². The summed E-state index contributed by atoms with van der Waals surface area (Å²) in [4.78, 5) is 12.7. The maximum atomic E-state index is 12.7. The van der Waals surface area contributed by atoms with Crippen LogP contribution in [0, 0.1) is 5.92 Å². The van der Waals surface area contributed by atoms with E-state index in [1.807, 2.05) is 12.1 Å². The molecule has 1 nitrogen and oxygen atoms in total. The molecule has 1 aliphatic carbocycles. The number of Topliss-reactive ketones (excluding diaryl/α,β-unsaturated/α-hetero) is 1. The van der Waals surface area contributed by atoms with Crippen molar-refractivity contribution in [3.05, 3.63) is 35.2 Å². The molecule has 3 rings (SSSR count). The summed E-state index contributed by atoms with van der Waals surface area (Å²) in [7, 11) is 0. The number of ketones is 1. The van der Waals surface area contributed by atoms with E-state index in [-0.39, 0.29) is 5.92 Å². The van der Waals surface area contributed by atoms with E-state index in [9.17, 15) is 4.79 Å². The van der Waals surface area contributed by atoms with Gasteiger partial charge in [0.2, 0.25) is 0 Å². The highest BCUT2D eigenvalue weighted by atomic mass is 32.1. The number of benzene rings is 1. The van der Waals surface area contributed by atoms with Gasteiger partial charge in [-0.05, 0) is 35.7 Å². The van der Waals surface area contributed by atoms with Gasteiger partial charge in [-0.3, -0.25) is 4.79 Å². The predicted molar refractivity (Wildman–Crippen MR) is 77.3 cm³/mol. The van der Waals surface area contributed by atoms with Crippen LogP contribution in [0.25, 0.3) is 10.1 Å². The highest BCUT2D eigenvalue weighted by Crippen LogP contribution is 2.31. The van der Waals surface area contributed by atoms with Crippen LogP contribution in [-0.2, 0) is 0 Å². The summed E-state index contributed by atoms with van der Waals surface area (Å²) in [6.07, 6.45) is 7.20. The fraction of sp³-hybridized carbons (Fsp3) is 0.438. The number of fused-ring (bicyclic) bond motifs is 1. The average Bonchev–Trinajstić information content (AvgIpc) is 2.71. The largest absolute Gasteiger partial charge is 0.294 e. The first-order chi connectivity index (χ1) is 8.86. The second-order valence-electron chi connectivity index (χ2n) is 5.20. The molecule has 0 radical (unpaired) electrons. The van der Waals surface area contributed by atoms with E-state index in [0.29, 0.717) is 5.78 Å². The van der Waals surface area contributed by atoms with Gasteiger partial charge < -0.3 is 0 Å². The Morgan fingerprint density at radius 2 is 1.83 bits per heavy atom. The molecule has 0 bridgehead atoms. The van der Waals surface area contributed by atoms with Crippen molar-refractivity contribution in [2.45, 2.75) is 38.5 Å². The lowest BCUT2D eigenvalue weighted by Crippen LogP contribution is -2.14. The van der Waals surface area contributed by atoms with Gasteiger partial charge in [0.15, 0.2) is 5.78 Å². The van der Waals surface area contributed by atoms with Gasteiger partial charge in [0.25, 0.3) is 0 Å². The van der Waals surface area contributed by atoms with E-state index < -0.39 is 0 Å². The Hall–Kier alpha value is -1.15. The third kappa shape index (κ3) is 2.22. The smallest absolute Gasteiger partial charge is 0.167 e. The van der Waals surface area contributed by atoms with Gasteiger partial charge in [-0.1, -0.05) is 37.8 Å². The monoisotopic (exact) mass is 258 g/mol. The molecule has 0 amide bonds. The highest BCUT2D eigenvalue weighted by molar-refractivity contribution is 7.17. The molecule has 0 unspecified atom stereocenters. The van der Waals surface area contributed by atoms with Gasteiger partial charge in [-0.2, -0.15) is 0 Å². The van der Waals surface area contributed by atoms with E-state index in [2.05, 4.69) is 17.5 Å². The van der Waals surface area contributed by atoms with E-state index in [4.69, 9.17) is 0 Å². The minimum absolute atomic E-state index is 0.264. The highest BCUT2D eigenvalue weighted by Gasteiger charge is 2.22. The summed E-state index contributed by atoms with van der Waals surface area (Å²) in [5.41, 5.74) is 0.953. The van der Waals surface area contributed by atoms with Crippen LogP contribution in [0.5, 0.6) is 0 Å². The van der Waals surface area contributed by atoms with Gasteiger partial charge >= 0.3 is 0 Å². The lowest BCUT2D eigenvalue weighted by atomic mass is 9.91. The zero-order valence-electron chi connectivity index (χ0n) is 10.5. The maximum Gasteiger partial charge on any atom is 0.167 e. The minimum atomic E-state index is 0.264. The van der Waals surface area contributed by atoms with Gasteiger partial charge in [-0.15, -0.1) is 11.3 Å². The molecule has 1 heterocycles. The molecule has 1 aromatic heterocycles. The molecular weight excluding hydrogens is 240 g/mol. The van der Waals surface area contributed by atoms with Crippen LogP contribution in [0.2, 0.25) is 0 Å². The Kier molecular flexibility index (Phi) is 3.46. The van der Waals surface area contributed by atoms with Crippen LogP contribution < -0.4 is 0 Å². The Morgan fingerprint density at radius 3 is 2.61 bits per heavy atom. The molecule has 94 valence electrons. The van der Waals surface area contributed by atoms with E-state index in [1.165, 1.54) is 35.8 Å². The fourth-order valence-corrected chi connectivity index (χ4v) is 3.87. The molecule has 18 heavy (non-hydrogen) atoms. The molecule has 1 aromatic carbocycles. The molecule has 0 N–H and O–H groups in total. The molecule has 0 spiro atoms. The van der Waals surface area contributed by atoms with Gasteiger partial charge in [-0.25, -0.2) is 0 Å². The lowest BCUT2D eigenvalue weighted by molar-refractivity contribution is 0.0910. The summed E-state index contributed by atoms with van der Waals surface area (Å²) in [6, 6.07) is 8.21. The second kappa shape index (κ2) is 5.23. The van der Waals surface area contributed by atoms with Crippen LogP contribution in [-0.4, -0.2) is 5.78 Å². The van der Waals surface area contributed by atoms with Gasteiger partial charge in [0.05, 0.1) is 0 Å². The summed E-state index contributed by atoms with van der Waals surface area (Å²) in [6.45, 7) is 0. The fourth-order valence-electron chi connectivity index (χ4n) is 2.95. The first kappa shape index (κ1) is 11.9. The molecule has 2 aromatic rings. The molecular formula is C16H18OS. The second-order valence-corrected chi connectivity index (χ2v) is 6.11. The summed E-state index contributed by atoms with van der Waals surface area (Å²) in [5.74, 6) is 0.644. The third-order valence-electron chi connectivity index (χ3n) is 3.97. The van der Waals surface area contributed by atoms with Gasteiger partial charge in [0, 0.05) is 16.2 Å². The summed E-state index contributed by atoms with van der Waals surface area (Å²) in [5, 5.41) is 3.29. The first-order valence-corrected chi connectivity index (χ1v) is 7.74. The lowest BCUT2D eigenvalue weighted by Gasteiger charge is -2.13. The molecule has 0 atom stereocenters. The Morgan fingerprint density at radius 1 is 1.06 bits per heavy atom. The number of thiophene rings is 1. The van der Waals surface area contributed by atoms with Crippen molar-refractivity contribution >= 4 is 27.2 Å². The molecule has 0 saturated heterocycles. The SMILES string of the molecule is O=C(c1cccc2ccsc12)C1CCCCCC1. The quantitative estimate of drug-likeness (QED) is 0.544. The Bertz CT molecular complexity index is 547. The minimum Gasteiger partial charge on any atom is -0.294 e. The molecule has 1 saturated carbocycles. The van der Waals surface area contributed by atoms with E-state index in [1.54, 1.807) is 11.3 Å². The average molecular weight is 258 g/mol. The number of carbonyl (C=O) groups excluding carboxylic acids is 1. The van der Waals surface area contributed by atoms with Crippen LogP contribution in [0.15, 0.2) is 29.6 Å². The zero-order chi connectivity index (χ0) is 12.4.